The minimum atomic E-state index is -3.49. The van der Waals surface area contributed by atoms with Gasteiger partial charge in [-0.05, 0) is 49.6 Å². The SMILES string of the molecule is Cc1nccn1-c1ccc(CNC(=O)Cc2ccc(S(=O)(=O)N3CCCCC3)s2)cc1F. The highest BCUT2D eigenvalue weighted by Gasteiger charge is 2.27. The number of hydrogen-bond donors (Lipinski definition) is 1. The smallest absolute Gasteiger partial charge is 0.252 e. The Morgan fingerprint density at radius 2 is 1.97 bits per heavy atom. The van der Waals surface area contributed by atoms with Crippen molar-refractivity contribution in [3.63, 3.8) is 0 Å². The number of nitrogens with zero attached hydrogens (tertiary/aromatic N) is 3. The molecule has 0 spiro atoms. The Morgan fingerprint density at radius 3 is 2.66 bits per heavy atom. The highest BCUT2D eigenvalue weighted by molar-refractivity contribution is 7.91. The lowest BCUT2D eigenvalue weighted by Crippen LogP contribution is -2.35. The standard InChI is InChI=1S/C22H25FN4O3S2/c1-16-24-9-12-27(16)20-7-5-17(13-19(20)23)15-25-21(28)14-18-6-8-22(31-18)32(29,30)26-10-3-2-4-11-26/h5-9,12-13H,2-4,10-11,14-15H2,1H3,(H,25,28). The Kier molecular flexibility index (Phi) is 6.73. The van der Waals surface area contributed by atoms with Gasteiger partial charge in [0.25, 0.3) is 10.0 Å². The number of carbonyl (C=O) groups excluding carboxylic acids is 1. The summed E-state index contributed by atoms with van der Waals surface area (Å²) in [5.41, 5.74) is 1.04. The van der Waals surface area contributed by atoms with Gasteiger partial charge in [0, 0.05) is 36.9 Å². The molecule has 0 unspecified atom stereocenters. The molecule has 0 atom stereocenters. The fourth-order valence-corrected chi connectivity index (χ4v) is 6.76. The van der Waals surface area contributed by atoms with E-state index in [0.29, 0.717) is 35.0 Å². The molecule has 1 fully saturated rings. The van der Waals surface area contributed by atoms with E-state index < -0.39 is 15.8 Å². The summed E-state index contributed by atoms with van der Waals surface area (Å²) >= 11 is 1.13. The Labute approximate surface area is 191 Å². The number of halogens is 1. The number of piperidine rings is 1. The molecule has 0 radical (unpaired) electrons. The third-order valence-corrected chi connectivity index (χ3v) is 8.92. The topological polar surface area (TPSA) is 84.3 Å². The zero-order chi connectivity index (χ0) is 22.7. The molecule has 1 amide bonds. The molecular weight excluding hydrogens is 451 g/mol. The zero-order valence-corrected chi connectivity index (χ0v) is 19.4. The number of imidazole rings is 1. The molecule has 0 bridgehead atoms. The molecule has 1 N–H and O–H groups in total. The van der Waals surface area contributed by atoms with Gasteiger partial charge >= 0.3 is 0 Å². The van der Waals surface area contributed by atoms with E-state index in [0.717, 1.165) is 30.6 Å². The molecule has 1 aliphatic rings. The second-order valence-corrected chi connectivity index (χ2v) is 11.1. The van der Waals surface area contributed by atoms with Crippen LogP contribution in [0.15, 0.2) is 46.9 Å². The first-order chi connectivity index (χ1) is 15.3. The zero-order valence-electron chi connectivity index (χ0n) is 17.8. The quantitative estimate of drug-likeness (QED) is 0.566. The molecule has 4 rings (SSSR count). The number of hydrogen-bond acceptors (Lipinski definition) is 5. The molecule has 170 valence electrons. The molecule has 1 aliphatic heterocycles. The van der Waals surface area contributed by atoms with E-state index in [4.69, 9.17) is 0 Å². The van der Waals surface area contributed by atoms with Crippen molar-refractivity contribution >= 4 is 27.3 Å². The number of aryl methyl sites for hydroxylation is 1. The van der Waals surface area contributed by atoms with E-state index in [1.807, 2.05) is 0 Å². The van der Waals surface area contributed by atoms with Crippen LogP contribution < -0.4 is 5.32 Å². The molecule has 0 saturated carbocycles. The van der Waals surface area contributed by atoms with Crippen molar-refractivity contribution in [3.8, 4) is 5.69 Å². The summed E-state index contributed by atoms with van der Waals surface area (Å²) in [6.45, 7) is 3.07. The maximum absolute atomic E-state index is 14.5. The van der Waals surface area contributed by atoms with Crippen molar-refractivity contribution in [2.75, 3.05) is 13.1 Å². The molecule has 0 aliphatic carbocycles. The third kappa shape index (κ3) is 4.92. The summed E-state index contributed by atoms with van der Waals surface area (Å²) in [4.78, 5) is 17.1. The molecule has 1 aromatic carbocycles. The minimum Gasteiger partial charge on any atom is -0.352 e. The lowest BCUT2D eigenvalue weighted by Gasteiger charge is -2.25. The fourth-order valence-electron chi connectivity index (χ4n) is 3.73. The van der Waals surface area contributed by atoms with E-state index in [1.54, 1.807) is 48.1 Å². The average Bonchev–Trinajstić information content (AvgIpc) is 3.42. The van der Waals surface area contributed by atoms with Crippen LogP contribution in [0.2, 0.25) is 0 Å². The number of nitrogens with one attached hydrogen (secondary N) is 1. The number of benzene rings is 1. The molecule has 10 heteroatoms. The van der Waals surface area contributed by atoms with E-state index >= 15 is 0 Å². The summed E-state index contributed by atoms with van der Waals surface area (Å²) < 4.78 is 43.5. The van der Waals surface area contributed by atoms with E-state index in [2.05, 4.69) is 10.3 Å². The molecule has 3 aromatic rings. The first kappa shape index (κ1) is 22.6. The maximum Gasteiger partial charge on any atom is 0.252 e. The van der Waals surface area contributed by atoms with Crippen LogP contribution in [-0.2, 0) is 27.8 Å². The van der Waals surface area contributed by atoms with Crippen LogP contribution >= 0.6 is 11.3 Å². The third-order valence-electron chi connectivity index (χ3n) is 5.47. The van der Waals surface area contributed by atoms with Crippen molar-refractivity contribution in [1.29, 1.82) is 0 Å². The summed E-state index contributed by atoms with van der Waals surface area (Å²) in [6.07, 6.45) is 6.19. The van der Waals surface area contributed by atoms with Gasteiger partial charge in [-0.15, -0.1) is 11.3 Å². The van der Waals surface area contributed by atoms with Gasteiger partial charge < -0.3 is 9.88 Å². The largest absolute Gasteiger partial charge is 0.352 e. The first-order valence-electron chi connectivity index (χ1n) is 10.5. The second kappa shape index (κ2) is 9.51. The monoisotopic (exact) mass is 476 g/mol. The number of amides is 1. The van der Waals surface area contributed by atoms with Gasteiger partial charge in [-0.25, -0.2) is 17.8 Å². The first-order valence-corrected chi connectivity index (χ1v) is 12.7. The summed E-state index contributed by atoms with van der Waals surface area (Å²) in [5.74, 6) is 0.0370. The number of aromatic nitrogens is 2. The number of rotatable bonds is 7. The molecule has 7 nitrogen and oxygen atoms in total. The summed E-state index contributed by atoms with van der Waals surface area (Å²) in [6, 6.07) is 8.06. The van der Waals surface area contributed by atoms with Gasteiger partial charge in [-0.2, -0.15) is 4.31 Å². The van der Waals surface area contributed by atoms with Crippen LogP contribution in [-0.4, -0.2) is 41.3 Å². The van der Waals surface area contributed by atoms with Crippen LogP contribution in [0.3, 0.4) is 0 Å². The molecule has 3 heterocycles. The van der Waals surface area contributed by atoms with Gasteiger partial charge in [0.15, 0.2) is 0 Å². The van der Waals surface area contributed by atoms with Gasteiger partial charge in [0.1, 0.15) is 15.9 Å². The summed E-state index contributed by atoms with van der Waals surface area (Å²) in [5, 5.41) is 2.77. The Hall–Kier alpha value is -2.56. The number of sulfonamides is 1. The van der Waals surface area contributed by atoms with Crippen molar-refractivity contribution in [1.82, 2.24) is 19.2 Å². The van der Waals surface area contributed by atoms with Gasteiger partial charge in [0.05, 0.1) is 12.1 Å². The predicted octanol–water partition coefficient (Wildman–Crippen LogP) is 3.41. The number of thiophene rings is 1. The normalized spacial score (nSPS) is 15.1. The van der Waals surface area contributed by atoms with Crippen LogP contribution in [0.1, 0.15) is 35.5 Å². The lowest BCUT2D eigenvalue weighted by molar-refractivity contribution is -0.120. The molecular formula is C22H25FN4O3S2. The van der Waals surface area contributed by atoms with Crippen LogP contribution in [0, 0.1) is 12.7 Å². The minimum absolute atomic E-state index is 0.0784. The summed E-state index contributed by atoms with van der Waals surface area (Å²) in [7, 11) is -3.49. The van der Waals surface area contributed by atoms with E-state index in [-0.39, 0.29) is 23.1 Å². The van der Waals surface area contributed by atoms with Gasteiger partial charge in [-0.1, -0.05) is 12.5 Å². The predicted molar refractivity (Wildman–Crippen MR) is 121 cm³/mol. The van der Waals surface area contributed by atoms with Crippen molar-refractivity contribution in [3.05, 3.63) is 64.8 Å². The van der Waals surface area contributed by atoms with Crippen LogP contribution in [0.4, 0.5) is 4.39 Å². The van der Waals surface area contributed by atoms with Gasteiger partial charge in [0.2, 0.25) is 5.91 Å². The molecule has 1 saturated heterocycles. The Bertz CT molecular complexity index is 1210. The van der Waals surface area contributed by atoms with Crippen molar-refractivity contribution in [2.45, 2.75) is 43.4 Å². The van der Waals surface area contributed by atoms with Crippen LogP contribution in [0.25, 0.3) is 5.69 Å². The highest BCUT2D eigenvalue weighted by atomic mass is 32.2. The highest BCUT2D eigenvalue weighted by Crippen LogP contribution is 2.27. The Balaban J connectivity index is 1.35. The second-order valence-electron chi connectivity index (χ2n) is 7.77. The lowest BCUT2D eigenvalue weighted by atomic mass is 10.2. The van der Waals surface area contributed by atoms with Crippen molar-refractivity contribution < 1.29 is 17.6 Å². The van der Waals surface area contributed by atoms with E-state index in [1.165, 1.54) is 10.4 Å². The Morgan fingerprint density at radius 1 is 1.19 bits per heavy atom. The van der Waals surface area contributed by atoms with Crippen LogP contribution in [0.5, 0.6) is 0 Å². The van der Waals surface area contributed by atoms with Gasteiger partial charge in [-0.3, -0.25) is 4.79 Å². The fraction of sp³-hybridized carbons (Fsp3) is 0.364. The van der Waals surface area contributed by atoms with E-state index in [9.17, 15) is 17.6 Å². The average molecular weight is 477 g/mol. The maximum atomic E-state index is 14.5. The number of carbonyl (C=O) groups is 1. The molecule has 32 heavy (non-hydrogen) atoms. The van der Waals surface area contributed by atoms with Crippen molar-refractivity contribution in [2.24, 2.45) is 0 Å². The molecule has 2 aromatic heterocycles.